The van der Waals surface area contributed by atoms with E-state index in [0.717, 1.165) is 38.0 Å². The molecule has 1 amide bonds. The molecule has 1 aromatic carbocycles. The number of nitrogens with zero attached hydrogens (tertiary/aromatic N) is 3. The number of hydrogen-bond donors (Lipinski definition) is 2. The molecule has 0 radical (unpaired) electrons. The Bertz CT molecular complexity index is 634. The van der Waals surface area contributed by atoms with Gasteiger partial charge in [0, 0.05) is 53.4 Å². The number of likely N-dealkylation sites (tertiary alicyclic amines) is 1. The van der Waals surface area contributed by atoms with Crippen LogP contribution in [0.5, 0.6) is 0 Å². The standard InChI is InChI=1S/C20H32FN5O2.HI/c1-25(2)19(27)14-23-20(22-10-13-28-3)24-18-8-11-26(12-9-18)15-16-4-6-17(21)7-5-16;/h4-7,18H,8-15H2,1-3H3,(H2,22,23,24);1H. The number of nitrogens with one attached hydrogen (secondary N) is 2. The summed E-state index contributed by atoms with van der Waals surface area (Å²) in [6.07, 6.45) is 1.96. The van der Waals surface area contributed by atoms with Crippen molar-refractivity contribution < 1.29 is 13.9 Å². The molecule has 29 heavy (non-hydrogen) atoms. The Kier molecular flexibility index (Phi) is 12.1. The van der Waals surface area contributed by atoms with Gasteiger partial charge in [0.25, 0.3) is 0 Å². The molecule has 1 aromatic rings. The van der Waals surface area contributed by atoms with Gasteiger partial charge in [-0.25, -0.2) is 9.38 Å². The normalized spacial score (nSPS) is 15.5. The summed E-state index contributed by atoms with van der Waals surface area (Å²) in [4.78, 5) is 20.1. The van der Waals surface area contributed by atoms with Crippen molar-refractivity contribution in [2.75, 3.05) is 54.0 Å². The number of carbonyl (C=O) groups excluding carboxylic acids is 1. The minimum absolute atomic E-state index is 0. The van der Waals surface area contributed by atoms with Crippen molar-refractivity contribution in [2.45, 2.75) is 25.4 Å². The average molecular weight is 521 g/mol. The number of likely N-dealkylation sites (N-methyl/N-ethyl adjacent to an activating group) is 1. The molecule has 164 valence electrons. The molecule has 2 N–H and O–H groups in total. The Hall–Kier alpha value is -1.46. The van der Waals surface area contributed by atoms with Crippen LogP contribution in [0.25, 0.3) is 0 Å². The van der Waals surface area contributed by atoms with E-state index in [-0.39, 0.29) is 42.2 Å². The second kappa shape index (κ2) is 13.7. The number of benzene rings is 1. The Morgan fingerprint density at radius 1 is 1.28 bits per heavy atom. The van der Waals surface area contributed by atoms with Gasteiger partial charge in [-0.3, -0.25) is 9.69 Å². The number of amides is 1. The number of methoxy groups -OCH3 is 1. The highest BCUT2D eigenvalue weighted by Crippen LogP contribution is 2.14. The topological polar surface area (TPSA) is 69.2 Å². The first-order chi connectivity index (χ1) is 13.5. The maximum atomic E-state index is 13.0. The number of guanidine groups is 1. The van der Waals surface area contributed by atoms with Gasteiger partial charge in [0.2, 0.25) is 5.91 Å². The van der Waals surface area contributed by atoms with Gasteiger partial charge in [0.1, 0.15) is 12.4 Å². The first kappa shape index (κ1) is 25.6. The summed E-state index contributed by atoms with van der Waals surface area (Å²) in [7, 11) is 5.10. The van der Waals surface area contributed by atoms with Crippen molar-refractivity contribution in [3.63, 3.8) is 0 Å². The first-order valence-corrected chi connectivity index (χ1v) is 9.68. The fourth-order valence-electron chi connectivity index (χ4n) is 2.99. The Labute approximate surface area is 190 Å². The molecule has 1 heterocycles. The van der Waals surface area contributed by atoms with Crippen LogP contribution in [0, 0.1) is 5.82 Å². The van der Waals surface area contributed by atoms with Crippen LogP contribution in [-0.4, -0.2) is 81.7 Å². The van der Waals surface area contributed by atoms with Gasteiger partial charge in [-0.1, -0.05) is 12.1 Å². The maximum Gasteiger partial charge on any atom is 0.243 e. The molecular weight excluding hydrogens is 488 g/mol. The lowest BCUT2D eigenvalue weighted by Gasteiger charge is -2.33. The molecule has 0 aliphatic carbocycles. The number of carbonyl (C=O) groups is 1. The van der Waals surface area contributed by atoms with Crippen molar-refractivity contribution in [1.82, 2.24) is 20.4 Å². The largest absolute Gasteiger partial charge is 0.383 e. The van der Waals surface area contributed by atoms with E-state index in [1.54, 1.807) is 21.2 Å². The maximum absolute atomic E-state index is 13.0. The molecule has 2 rings (SSSR count). The van der Waals surface area contributed by atoms with Crippen LogP contribution in [0.15, 0.2) is 29.3 Å². The monoisotopic (exact) mass is 521 g/mol. The zero-order chi connectivity index (χ0) is 20.4. The quantitative estimate of drug-likeness (QED) is 0.236. The lowest BCUT2D eigenvalue weighted by molar-refractivity contribution is -0.127. The number of ether oxygens (including phenoxy) is 1. The van der Waals surface area contributed by atoms with Gasteiger partial charge < -0.3 is 20.3 Å². The van der Waals surface area contributed by atoms with Gasteiger partial charge in [0.05, 0.1) is 6.61 Å². The third-order valence-electron chi connectivity index (χ3n) is 4.72. The molecule has 9 heteroatoms. The number of piperidine rings is 1. The summed E-state index contributed by atoms with van der Waals surface area (Å²) < 4.78 is 18.1. The SMILES string of the molecule is COCCNC(=NCC(=O)N(C)C)NC1CCN(Cc2ccc(F)cc2)CC1.I. The first-order valence-electron chi connectivity index (χ1n) is 9.68. The molecule has 1 saturated heterocycles. The molecule has 1 fully saturated rings. The van der Waals surface area contributed by atoms with Gasteiger partial charge in [-0.15, -0.1) is 24.0 Å². The highest BCUT2D eigenvalue weighted by atomic mass is 127. The van der Waals surface area contributed by atoms with Crippen molar-refractivity contribution in [2.24, 2.45) is 4.99 Å². The lowest BCUT2D eigenvalue weighted by Crippen LogP contribution is -2.49. The van der Waals surface area contributed by atoms with Crippen molar-refractivity contribution in [1.29, 1.82) is 0 Å². The number of aliphatic imine (C=N–C) groups is 1. The van der Waals surface area contributed by atoms with Crippen molar-refractivity contribution in [3.05, 3.63) is 35.6 Å². The molecule has 1 aliphatic heterocycles. The number of rotatable bonds is 8. The average Bonchev–Trinajstić information content (AvgIpc) is 2.69. The third-order valence-corrected chi connectivity index (χ3v) is 4.72. The molecule has 1 aliphatic rings. The Morgan fingerprint density at radius 2 is 1.93 bits per heavy atom. The van der Waals surface area contributed by atoms with Crippen LogP contribution in [0.2, 0.25) is 0 Å². The smallest absolute Gasteiger partial charge is 0.243 e. The summed E-state index contributed by atoms with van der Waals surface area (Å²) in [5.41, 5.74) is 1.12. The summed E-state index contributed by atoms with van der Waals surface area (Å²) >= 11 is 0. The predicted octanol–water partition coefficient (Wildman–Crippen LogP) is 1.68. The van der Waals surface area contributed by atoms with E-state index < -0.39 is 0 Å². The van der Waals surface area contributed by atoms with Gasteiger partial charge in [-0.2, -0.15) is 0 Å². The molecule has 0 atom stereocenters. The molecule has 0 aromatic heterocycles. The lowest BCUT2D eigenvalue weighted by atomic mass is 10.0. The molecule has 0 unspecified atom stereocenters. The fourth-order valence-corrected chi connectivity index (χ4v) is 2.99. The van der Waals surface area contributed by atoms with E-state index in [0.29, 0.717) is 25.2 Å². The van der Waals surface area contributed by atoms with E-state index in [4.69, 9.17) is 4.74 Å². The second-order valence-electron chi connectivity index (χ2n) is 7.19. The minimum Gasteiger partial charge on any atom is -0.383 e. The zero-order valence-corrected chi connectivity index (χ0v) is 19.8. The highest BCUT2D eigenvalue weighted by Gasteiger charge is 2.20. The van der Waals surface area contributed by atoms with Crippen molar-refractivity contribution in [3.8, 4) is 0 Å². The molecule has 0 spiro atoms. The van der Waals surface area contributed by atoms with Crippen LogP contribution in [-0.2, 0) is 16.1 Å². The summed E-state index contributed by atoms with van der Waals surface area (Å²) in [6, 6.07) is 6.99. The number of halogens is 2. The van der Waals surface area contributed by atoms with Crippen molar-refractivity contribution >= 4 is 35.8 Å². The third kappa shape index (κ3) is 9.72. The van der Waals surface area contributed by atoms with E-state index in [1.165, 1.54) is 17.0 Å². The molecular formula is C20H33FIN5O2. The van der Waals surface area contributed by atoms with E-state index in [2.05, 4.69) is 20.5 Å². The van der Waals surface area contributed by atoms with Crippen LogP contribution in [0.3, 0.4) is 0 Å². The van der Waals surface area contributed by atoms with Crippen LogP contribution < -0.4 is 10.6 Å². The van der Waals surface area contributed by atoms with Crippen LogP contribution in [0.4, 0.5) is 4.39 Å². The van der Waals surface area contributed by atoms with Gasteiger partial charge in [-0.05, 0) is 30.5 Å². The molecule has 7 nitrogen and oxygen atoms in total. The molecule has 0 bridgehead atoms. The van der Waals surface area contributed by atoms with Crippen LogP contribution in [0.1, 0.15) is 18.4 Å². The van der Waals surface area contributed by atoms with Crippen LogP contribution >= 0.6 is 24.0 Å². The summed E-state index contributed by atoms with van der Waals surface area (Å²) in [6.45, 7) is 4.05. The minimum atomic E-state index is -0.202. The predicted molar refractivity (Wildman–Crippen MR) is 124 cm³/mol. The Balaban J connectivity index is 0.00000420. The highest BCUT2D eigenvalue weighted by molar-refractivity contribution is 14.0. The van der Waals surface area contributed by atoms with E-state index in [9.17, 15) is 9.18 Å². The van der Waals surface area contributed by atoms with E-state index in [1.807, 2.05) is 12.1 Å². The zero-order valence-electron chi connectivity index (χ0n) is 17.5. The second-order valence-corrected chi connectivity index (χ2v) is 7.19. The number of hydrogen-bond acceptors (Lipinski definition) is 4. The van der Waals surface area contributed by atoms with E-state index >= 15 is 0 Å². The summed E-state index contributed by atoms with van der Waals surface area (Å²) in [5, 5.41) is 6.65. The summed E-state index contributed by atoms with van der Waals surface area (Å²) in [5.74, 6) is 0.401. The Morgan fingerprint density at radius 3 is 2.52 bits per heavy atom. The fraction of sp³-hybridized carbons (Fsp3) is 0.600. The van der Waals surface area contributed by atoms with Gasteiger partial charge in [0.15, 0.2) is 5.96 Å². The molecule has 0 saturated carbocycles. The van der Waals surface area contributed by atoms with Gasteiger partial charge >= 0.3 is 0 Å².